The Morgan fingerprint density at radius 1 is 1.48 bits per heavy atom. The number of hydrogen-bond donors (Lipinski definition) is 2. The lowest BCUT2D eigenvalue weighted by Crippen LogP contribution is -2.46. The van der Waals surface area contributed by atoms with Gasteiger partial charge in [-0.05, 0) is 6.92 Å². The summed E-state index contributed by atoms with van der Waals surface area (Å²) in [7, 11) is 1.51. The van der Waals surface area contributed by atoms with Gasteiger partial charge in [0, 0.05) is 26.3 Å². The highest BCUT2D eigenvalue weighted by Gasteiger charge is 2.39. The smallest absolute Gasteiger partial charge is 0.326 e. The molecule has 114 valence electrons. The number of carbonyl (C=O) groups excluding carboxylic acids is 1. The first-order chi connectivity index (χ1) is 10.0. The zero-order valence-electron chi connectivity index (χ0n) is 11.9. The van der Waals surface area contributed by atoms with Crippen molar-refractivity contribution in [2.75, 3.05) is 13.7 Å². The molecule has 8 heteroatoms. The highest BCUT2D eigenvalue weighted by Crippen LogP contribution is 2.20. The number of likely N-dealkylation sites (tertiary alicyclic amines) is 1. The fourth-order valence-electron chi connectivity index (χ4n) is 2.21. The SMILES string of the molecule is COC1CC(C(=O)O)N(C(=O)NCc2cnc(C)cn2)C1. The summed E-state index contributed by atoms with van der Waals surface area (Å²) in [5.41, 5.74) is 1.40. The molecule has 0 radical (unpaired) electrons. The quantitative estimate of drug-likeness (QED) is 0.820. The molecule has 0 bridgehead atoms. The normalized spacial score (nSPS) is 21.3. The van der Waals surface area contributed by atoms with Crippen LogP contribution in [0.1, 0.15) is 17.8 Å². The van der Waals surface area contributed by atoms with E-state index in [2.05, 4.69) is 15.3 Å². The molecule has 2 amide bonds. The molecule has 1 aromatic rings. The molecule has 2 N–H and O–H groups in total. The average Bonchev–Trinajstić information content (AvgIpc) is 2.91. The first-order valence-corrected chi connectivity index (χ1v) is 6.59. The number of nitrogens with zero attached hydrogens (tertiary/aromatic N) is 3. The molecule has 1 aliphatic heterocycles. The summed E-state index contributed by atoms with van der Waals surface area (Å²) in [4.78, 5) is 32.8. The van der Waals surface area contributed by atoms with Crippen LogP contribution in [0.25, 0.3) is 0 Å². The Morgan fingerprint density at radius 3 is 2.81 bits per heavy atom. The number of hydrogen-bond acceptors (Lipinski definition) is 5. The van der Waals surface area contributed by atoms with Crippen LogP contribution in [0.5, 0.6) is 0 Å². The Hall–Kier alpha value is -2.22. The summed E-state index contributed by atoms with van der Waals surface area (Å²) in [6.07, 6.45) is 3.23. The maximum atomic E-state index is 12.1. The summed E-state index contributed by atoms with van der Waals surface area (Å²) in [6, 6.07) is -1.30. The summed E-state index contributed by atoms with van der Waals surface area (Å²) in [5, 5.41) is 11.8. The minimum atomic E-state index is -1.03. The number of aliphatic carboxylic acids is 1. The molecule has 0 saturated carbocycles. The number of rotatable bonds is 4. The monoisotopic (exact) mass is 294 g/mol. The summed E-state index contributed by atoms with van der Waals surface area (Å²) in [6.45, 7) is 2.29. The number of methoxy groups -OCH3 is 1. The molecule has 2 unspecified atom stereocenters. The Labute approximate surface area is 122 Å². The van der Waals surface area contributed by atoms with E-state index in [0.717, 1.165) is 5.69 Å². The summed E-state index contributed by atoms with van der Waals surface area (Å²) < 4.78 is 5.14. The van der Waals surface area contributed by atoms with E-state index >= 15 is 0 Å². The molecule has 2 heterocycles. The third kappa shape index (κ3) is 3.66. The molecule has 8 nitrogen and oxygen atoms in total. The van der Waals surface area contributed by atoms with E-state index in [4.69, 9.17) is 9.84 Å². The number of ether oxygens (including phenoxy) is 1. The van der Waals surface area contributed by atoms with Gasteiger partial charge in [0.1, 0.15) is 6.04 Å². The minimum Gasteiger partial charge on any atom is -0.480 e. The molecular formula is C13H18N4O4. The third-order valence-corrected chi connectivity index (χ3v) is 3.40. The second-order valence-electron chi connectivity index (χ2n) is 4.91. The molecule has 1 aliphatic rings. The number of carboxylic acids is 1. The van der Waals surface area contributed by atoms with Gasteiger partial charge in [0.2, 0.25) is 0 Å². The third-order valence-electron chi connectivity index (χ3n) is 3.40. The zero-order valence-corrected chi connectivity index (χ0v) is 11.9. The number of carboxylic acid groups (broad SMARTS) is 1. The number of nitrogens with one attached hydrogen (secondary N) is 1. The van der Waals surface area contributed by atoms with Crippen molar-refractivity contribution in [3.8, 4) is 0 Å². The van der Waals surface area contributed by atoms with Crippen molar-refractivity contribution in [1.29, 1.82) is 0 Å². The Bertz CT molecular complexity index is 519. The van der Waals surface area contributed by atoms with Crippen LogP contribution in [0.2, 0.25) is 0 Å². The van der Waals surface area contributed by atoms with Crippen molar-refractivity contribution in [1.82, 2.24) is 20.2 Å². The number of aryl methyl sites for hydroxylation is 1. The molecule has 2 atom stereocenters. The van der Waals surface area contributed by atoms with Crippen molar-refractivity contribution < 1.29 is 19.4 Å². The predicted octanol–water partition coefficient (Wildman–Crippen LogP) is 0.169. The van der Waals surface area contributed by atoms with Gasteiger partial charge in [-0.3, -0.25) is 9.97 Å². The molecule has 0 aliphatic carbocycles. The van der Waals surface area contributed by atoms with E-state index in [1.807, 2.05) is 6.92 Å². The van der Waals surface area contributed by atoms with Gasteiger partial charge in [-0.25, -0.2) is 9.59 Å². The summed E-state index contributed by atoms with van der Waals surface area (Å²) in [5.74, 6) is -1.03. The van der Waals surface area contributed by atoms with Gasteiger partial charge in [-0.1, -0.05) is 0 Å². The van der Waals surface area contributed by atoms with Crippen molar-refractivity contribution in [2.24, 2.45) is 0 Å². The Kier molecular flexibility index (Phi) is 4.69. The highest BCUT2D eigenvalue weighted by atomic mass is 16.5. The van der Waals surface area contributed by atoms with E-state index in [1.165, 1.54) is 12.0 Å². The molecule has 1 aromatic heterocycles. The zero-order chi connectivity index (χ0) is 15.4. The van der Waals surface area contributed by atoms with Crippen LogP contribution in [0, 0.1) is 6.92 Å². The molecule has 21 heavy (non-hydrogen) atoms. The lowest BCUT2D eigenvalue weighted by Gasteiger charge is -2.21. The van der Waals surface area contributed by atoms with Crippen LogP contribution >= 0.6 is 0 Å². The summed E-state index contributed by atoms with van der Waals surface area (Å²) >= 11 is 0. The van der Waals surface area contributed by atoms with Crippen molar-refractivity contribution in [2.45, 2.75) is 32.0 Å². The molecular weight excluding hydrogens is 276 g/mol. The van der Waals surface area contributed by atoms with E-state index in [0.29, 0.717) is 12.1 Å². The molecule has 1 fully saturated rings. The predicted molar refractivity (Wildman–Crippen MR) is 72.5 cm³/mol. The lowest BCUT2D eigenvalue weighted by molar-refractivity contribution is -0.141. The van der Waals surface area contributed by atoms with Crippen LogP contribution in [-0.4, -0.2) is 57.8 Å². The van der Waals surface area contributed by atoms with Crippen LogP contribution in [0.15, 0.2) is 12.4 Å². The van der Waals surface area contributed by atoms with Gasteiger partial charge < -0.3 is 20.1 Å². The van der Waals surface area contributed by atoms with Crippen molar-refractivity contribution >= 4 is 12.0 Å². The van der Waals surface area contributed by atoms with Crippen molar-refractivity contribution in [3.63, 3.8) is 0 Å². The lowest BCUT2D eigenvalue weighted by atomic mass is 10.2. The fourth-order valence-corrected chi connectivity index (χ4v) is 2.21. The van der Waals surface area contributed by atoms with Crippen LogP contribution in [0.4, 0.5) is 4.79 Å². The number of carbonyl (C=O) groups is 2. The topological polar surface area (TPSA) is 105 Å². The van der Waals surface area contributed by atoms with E-state index < -0.39 is 18.0 Å². The van der Waals surface area contributed by atoms with Gasteiger partial charge in [-0.15, -0.1) is 0 Å². The highest BCUT2D eigenvalue weighted by molar-refractivity contribution is 5.83. The van der Waals surface area contributed by atoms with E-state index in [9.17, 15) is 9.59 Å². The second-order valence-corrected chi connectivity index (χ2v) is 4.91. The van der Waals surface area contributed by atoms with E-state index in [1.54, 1.807) is 12.4 Å². The van der Waals surface area contributed by atoms with Crippen LogP contribution in [0.3, 0.4) is 0 Å². The van der Waals surface area contributed by atoms with Crippen LogP contribution < -0.4 is 5.32 Å². The molecule has 0 aromatic carbocycles. The number of aromatic nitrogens is 2. The average molecular weight is 294 g/mol. The first kappa shape index (κ1) is 15.2. The van der Waals surface area contributed by atoms with Gasteiger partial charge in [0.05, 0.1) is 30.2 Å². The minimum absolute atomic E-state index is 0.201. The molecule has 0 spiro atoms. The fraction of sp³-hybridized carbons (Fsp3) is 0.538. The Balaban J connectivity index is 1.95. The van der Waals surface area contributed by atoms with Crippen molar-refractivity contribution in [3.05, 3.63) is 23.8 Å². The number of amides is 2. The maximum Gasteiger partial charge on any atom is 0.326 e. The van der Waals surface area contributed by atoms with Gasteiger partial charge in [-0.2, -0.15) is 0 Å². The second kappa shape index (κ2) is 6.49. The van der Waals surface area contributed by atoms with E-state index in [-0.39, 0.29) is 19.2 Å². The van der Waals surface area contributed by atoms with Gasteiger partial charge >= 0.3 is 12.0 Å². The van der Waals surface area contributed by atoms with Crippen LogP contribution in [-0.2, 0) is 16.1 Å². The van der Waals surface area contributed by atoms with Gasteiger partial charge in [0.25, 0.3) is 0 Å². The maximum absolute atomic E-state index is 12.1. The molecule has 1 saturated heterocycles. The van der Waals surface area contributed by atoms with Gasteiger partial charge in [0.15, 0.2) is 0 Å². The Morgan fingerprint density at radius 2 is 2.24 bits per heavy atom. The molecule has 2 rings (SSSR count). The first-order valence-electron chi connectivity index (χ1n) is 6.59. The standard InChI is InChI=1S/C13H18N4O4/c1-8-4-15-9(5-14-8)6-16-13(20)17-7-10(21-2)3-11(17)12(18)19/h4-5,10-11H,3,6-7H2,1-2H3,(H,16,20)(H,18,19). The largest absolute Gasteiger partial charge is 0.480 e. The number of urea groups is 1.